The Morgan fingerprint density at radius 1 is 1.09 bits per heavy atom. The van der Waals surface area contributed by atoms with Gasteiger partial charge >= 0.3 is 5.97 Å². The fourth-order valence-electron chi connectivity index (χ4n) is 3.09. The molecule has 0 N–H and O–H groups in total. The number of ether oxygens (including phenoxy) is 3. The van der Waals surface area contributed by atoms with Crippen LogP contribution >= 0.6 is 50.1 Å². The van der Waals surface area contributed by atoms with Crippen LogP contribution in [0.1, 0.15) is 23.6 Å². The van der Waals surface area contributed by atoms with Crippen molar-refractivity contribution in [2.45, 2.75) is 13.5 Å². The van der Waals surface area contributed by atoms with Gasteiger partial charge in [-0.1, -0.05) is 39.7 Å². The van der Waals surface area contributed by atoms with Crippen LogP contribution in [0.15, 0.2) is 75.8 Å². The van der Waals surface area contributed by atoms with E-state index in [4.69, 9.17) is 25.8 Å². The predicted molar refractivity (Wildman–Crippen MR) is 141 cm³/mol. The Morgan fingerprint density at radius 3 is 2.52 bits per heavy atom. The monoisotopic (exact) mass is 637 g/mol. The average Bonchev–Trinajstić information content (AvgIpc) is 3.15. The highest BCUT2D eigenvalue weighted by molar-refractivity contribution is 14.1. The number of hydrogen-bond acceptors (Lipinski definition) is 5. The van der Waals surface area contributed by atoms with Crippen molar-refractivity contribution in [3.05, 3.63) is 96.1 Å². The Kier molecular flexibility index (Phi) is 7.72. The molecule has 5 nitrogen and oxygen atoms in total. The molecule has 1 aliphatic rings. The van der Waals surface area contributed by atoms with Crippen LogP contribution < -0.4 is 9.47 Å². The number of hydrogen-bond donors (Lipinski definition) is 0. The third kappa shape index (κ3) is 5.96. The lowest BCUT2D eigenvalue weighted by Gasteiger charge is -2.14. The third-order valence-electron chi connectivity index (χ3n) is 4.64. The van der Waals surface area contributed by atoms with Gasteiger partial charge in [0.05, 0.1) is 11.6 Å². The van der Waals surface area contributed by atoms with Gasteiger partial charge in [-0.25, -0.2) is 9.79 Å². The first-order valence-electron chi connectivity index (χ1n) is 10.0. The second kappa shape index (κ2) is 10.7. The number of halogens is 3. The highest BCUT2D eigenvalue weighted by atomic mass is 127. The highest BCUT2D eigenvalue weighted by Crippen LogP contribution is 2.38. The Bertz CT molecular complexity index is 1240. The van der Waals surface area contributed by atoms with E-state index in [-0.39, 0.29) is 11.6 Å². The van der Waals surface area contributed by atoms with E-state index in [1.807, 2.05) is 55.5 Å². The molecule has 168 valence electrons. The lowest BCUT2D eigenvalue weighted by atomic mass is 10.1. The summed E-state index contributed by atoms with van der Waals surface area (Å²) in [6.07, 6.45) is 1.62. The van der Waals surface area contributed by atoms with Gasteiger partial charge in [-0.3, -0.25) is 0 Å². The van der Waals surface area contributed by atoms with Crippen LogP contribution in [0.5, 0.6) is 11.5 Å². The first kappa shape index (κ1) is 23.8. The van der Waals surface area contributed by atoms with Gasteiger partial charge < -0.3 is 14.2 Å². The van der Waals surface area contributed by atoms with Crippen molar-refractivity contribution in [1.29, 1.82) is 0 Å². The summed E-state index contributed by atoms with van der Waals surface area (Å²) in [5, 5.41) is 0.377. The molecule has 33 heavy (non-hydrogen) atoms. The van der Waals surface area contributed by atoms with Gasteiger partial charge in [0.25, 0.3) is 0 Å². The fourth-order valence-corrected chi connectivity index (χ4v) is 3.99. The van der Waals surface area contributed by atoms with Crippen molar-refractivity contribution < 1.29 is 19.0 Å². The maximum absolute atomic E-state index is 12.4. The predicted octanol–water partition coefficient (Wildman–Crippen LogP) is 7.03. The molecule has 0 spiro atoms. The molecule has 3 aromatic carbocycles. The maximum Gasteiger partial charge on any atom is 0.363 e. The van der Waals surface area contributed by atoms with Gasteiger partial charge in [-0.2, -0.15) is 0 Å². The van der Waals surface area contributed by atoms with E-state index in [1.165, 1.54) is 0 Å². The topological polar surface area (TPSA) is 57.1 Å². The zero-order valence-electron chi connectivity index (χ0n) is 17.5. The van der Waals surface area contributed by atoms with Gasteiger partial charge in [0, 0.05) is 13.6 Å². The normalized spacial score (nSPS) is 14.2. The highest BCUT2D eigenvalue weighted by Gasteiger charge is 2.24. The summed E-state index contributed by atoms with van der Waals surface area (Å²) in [4.78, 5) is 16.7. The average molecular weight is 639 g/mol. The van der Waals surface area contributed by atoms with E-state index >= 15 is 0 Å². The number of benzene rings is 3. The number of carbonyl (C=O) groups is 1. The van der Waals surface area contributed by atoms with Gasteiger partial charge in [0.15, 0.2) is 17.2 Å². The Labute approximate surface area is 218 Å². The van der Waals surface area contributed by atoms with Crippen LogP contribution in [0.3, 0.4) is 0 Å². The molecule has 1 heterocycles. The molecule has 0 atom stereocenters. The molecule has 0 radical (unpaired) electrons. The summed E-state index contributed by atoms with van der Waals surface area (Å²) in [7, 11) is 0. The number of cyclic esters (lactones) is 1. The molecule has 1 aliphatic heterocycles. The SMILES string of the molecule is CCOc1cc(/C=C2\N=C(c3ccc(Br)cc3)OC2=O)cc(Cl)c1OCc1ccc(I)cc1. The van der Waals surface area contributed by atoms with Crippen LogP contribution in [0.2, 0.25) is 5.02 Å². The minimum atomic E-state index is -0.527. The van der Waals surface area contributed by atoms with Crippen LogP contribution in [0.4, 0.5) is 0 Å². The molecule has 0 saturated carbocycles. The summed E-state index contributed by atoms with van der Waals surface area (Å²) >= 11 is 12.2. The molecule has 3 aromatic rings. The van der Waals surface area contributed by atoms with Crippen molar-refractivity contribution in [3.8, 4) is 11.5 Å². The number of nitrogens with zero attached hydrogens (tertiary/aromatic N) is 1. The van der Waals surface area contributed by atoms with Crippen molar-refractivity contribution in [2.24, 2.45) is 4.99 Å². The molecule has 4 rings (SSSR count). The standard InChI is InChI=1S/C25H18BrClINO4/c1-2-31-22-13-16(11-20(27)23(22)32-14-15-3-9-19(28)10-4-15)12-21-25(30)33-24(29-21)17-5-7-18(26)8-6-17/h3-13H,2,14H2,1H3/b21-12-. The van der Waals surface area contributed by atoms with Crippen LogP contribution in [0, 0.1) is 3.57 Å². The molecule has 0 amide bonds. The number of esters is 1. The van der Waals surface area contributed by atoms with Gasteiger partial charge in [-0.15, -0.1) is 0 Å². The first-order valence-corrected chi connectivity index (χ1v) is 12.3. The molecule has 0 aliphatic carbocycles. The molecular formula is C25H18BrClINO4. The Morgan fingerprint density at radius 2 is 1.82 bits per heavy atom. The molecule has 0 aromatic heterocycles. The van der Waals surface area contributed by atoms with Crippen molar-refractivity contribution >= 4 is 68.1 Å². The van der Waals surface area contributed by atoms with Gasteiger partial charge in [0.1, 0.15) is 6.61 Å². The smallest absolute Gasteiger partial charge is 0.363 e. The van der Waals surface area contributed by atoms with Crippen LogP contribution in [-0.2, 0) is 16.1 Å². The Balaban J connectivity index is 1.60. The quantitative estimate of drug-likeness (QED) is 0.159. The number of carbonyl (C=O) groups excluding carboxylic acids is 1. The van der Waals surface area contributed by atoms with Gasteiger partial charge in [0.2, 0.25) is 5.90 Å². The van der Waals surface area contributed by atoms with Gasteiger partial charge in [-0.05, 0) is 95.2 Å². The zero-order chi connectivity index (χ0) is 23.4. The largest absolute Gasteiger partial charge is 0.490 e. The van der Waals surface area contributed by atoms with E-state index in [0.717, 1.165) is 13.6 Å². The van der Waals surface area contributed by atoms with Crippen molar-refractivity contribution in [3.63, 3.8) is 0 Å². The Hall–Kier alpha value is -2.36. The summed E-state index contributed by atoms with van der Waals surface area (Å²) < 4.78 is 19.2. The van der Waals surface area contributed by atoms with Crippen molar-refractivity contribution in [2.75, 3.05) is 6.61 Å². The first-order chi connectivity index (χ1) is 15.9. The fraction of sp³-hybridized carbons (Fsp3) is 0.120. The van der Waals surface area contributed by atoms with Crippen molar-refractivity contribution in [1.82, 2.24) is 0 Å². The van der Waals surface area contributed by atoms with E-state index in [0.29, 0.717) is 40.9 Å². The molecule has 0 bridgehead atoms. The van der Waals surface area contributed by atoms with E-state index in [9.17, 15) is 4.79 Å². The molecule has 8 heteroatoms. The minimum Gasteiger partial charge on any atom is -0.490 e. The maximum atomic E-state index is 12.4. The van der Waals surface area contributed by atoms with E-state index in [2.05, 4.69) is 43.5 Å². The second-order valence-electron chi connectivity index (χ2n) is 7.02. The summed E-state index contributed by atoms with van der Waals surface area (Å²) in [5.41, 5.74) is 2.56. The molecule has 0 fully saturated rings. The summed E-state index contributed by atoms with van der Waals surface area (Å²) in [6.45, 7) is 2.67. The molecular weight excluding hydrogens is 621 g/mol. The molecule has 0 unspecified atom stereocenters. The van der Waals surface area contributed by atoms with E-state index < -0.39 is 5.97 Å². The summed E-state index contributed by atoms with van der Waals surface area (Å²) in [5.74, 6) is 0.673. The lowest BCUT2D eigenvalue weighted by Crippen LogP contribution is -2.05. The van der Waals surface area contributed by atoms with Crippen LogP contribution in [-0.4, -0.2) is 18.5 Å². The minimum absolute atomic E-state index is 0.180. The van der Waals surface area contributed by atoms with E-state index in [1.54, 1.807) is 18.2 Å². The number of aliphatic imine (C=N–C) groups is 1. The number of rotatable bonds is 7. The molecule has 0 saturated heterocycles. The van der Waals surface area contributed by atoms with Crippen LogP contribution in [0.25, 0.3) is 6.08 Å². The zero-order valence-corrected chi connectivity index (χ0v) is 22.0. The summed E-state index contributed by atoms with van der Waals surface area (Å²) in [6, 6.07) is 18.9. The third-order valence-corrected chi connectivity index (χ3v) is 6.17. The second-order valence-corrected chi connectivity index (χ2v) is 9.59. The lowest BCUT2D eigenvalue weighted by molar-refractivity contribution is -0.129.